The van der Waals surface area contributed by atoms with Crippen LogP contribution in [0.15, 0.2) is 60.7 Å². The van der Waals surface area contributed by atoms with E-state index in [0.717, 1.165) is 12.0 Å². The van der Waals surface area contributed by atoms with Gasteiger partial charge in [-0.1, -0.05) is 74.5 Å². The molecule has 1 N–H and O–H groups in total. The van der Waals surface area contributed by atoms with Crippen LogP contribution in [-0.2, 0) is 4.79 Å². The van der Waals surface area contributed by atoms with Crippen LogP contribution in [-0.4, -0.2) is 12.5 Å². The Bertz CT molecular complexity index is 550. The zero-order chi connectivity index (χ0) is 15.1. The molecule has 0 aliphatic carbocycles. The monoisotopic (exact) mass is 281 g/mol. The van der Waals surface area contributed by atoms with Crippen molar-refractivity contribution in [3.63, 3.8) is 0 Å². The lowest BCUT2D eigenvalue weighted by molar-refractivity contribution is -0.122. The SMILES string of the molecule is CC[C@H](C(=O)NC[C@H](C)c1ccccc1)c1ccccc1. The van der Waals surface area contributed by atoms with Gasteiger partial charge in [0.1, 0.15) is 0 Å². The lowest BCUT2D eigenvalue weighted by Crippen LogP contribution is -2.32. The Hall–Kier alpha value is -2.09. The molecule has 0 heterocycles. The Balaban J connectivity index is 1.94. The minimum atomic E-state index is -0.0610. The summed E-state index contributed by atoms with van der Waals surface area (Å²) in [5.74, 6) is 0.379. The van der Waals surface area contributed by atoms with E-state index >= 15 is 0 Å². The molecule has 0 unspecified atom stereocenters. The van der Waals surface area contributed by atoms with Crippen molar-refractivity contribution < 1.29 is 4.79 Å². The van der Waals surface area contributed by atoms with Crippen molar-refractivity contribution in [3.05, 3.63) is 71.8 Å². The van der Waals surface area contributed by atoms with E-state index in [-0.39, 0.29) is 11.8 Å². The summed E-state index contributed by atoms with van der Waals surface area (Å²) in [4.78, 5) is 12.4. The topological polar surface area (TPSA) is 29.1 Å². The van der Waals surface area contributed by atoms with E-state index in [4.69, 9.17) is 0 Å². The van der Waals surface area contributed by atoms with Crippen molar-refractivity contribution in [1.29, 1.82) is 0 Å². The summed E-state index contributed by atoms with van der Waals surface area (Å²) in [7, 11) is 0. The molecule has 0 fully saturated rings. The quantitative estimate of drug-likeness (QED) is 0.848. The van der Waals surface area contributed by atoms with Gasteiger partial charge in [-0.2, -0.15) is 0 Å². The first-order valence-corrected chi connectivity index (χ1v) is 7.60. The number of amides is 1. The molecule has 2 aromatic rings. The molecule has 0 radical (unpaired) electrons. The molecule has 0 aliphatic heterocycles. The van der Waals surface area contributed by atoms with Crippen molar-refractivity contribution in [3.8, 4) is 0 Å². The summed E-state index contributed by atoms with van der Waals surface area (Å²) in [6.07, 6.45) is 0.815. The van der Waals surface area contributed by atoms with E-state index < -0.39 is 0 Å². The number of carbonyl (C=O) groups is 1. The van der Waals surface area contributed by atoms with Gasteiger partial charge in [0.2, 0.25) is 5.91 Å². The van der Waals surface area contributed by atoms with Gasteiger partial charge in [0.05, 0.1) is 5.92 Å². The normalized spacial score (nSPS) is 13.4. The van der Waals surface area contributed by atoms with E-state index in [1.807, 2.05) is 48.5 Å². The minimum Gasteiger partial charge on any atom is -0.355 e. The summed E-state index contributed by atoms with van der Waals surface area (Å²) in [5.41, 5.74) is 2.34. The van der Waals surface area contributed by atoms with Crippen molar-refractivity contribution in [2.45, 2.75) is 32.1 Å². The third-order valence-electron chi connectivity index (χ3n) is 3.88. The van der Waals surface area contributed by atoms with Crippen LogP contribution in [0.5, 0.6) is 0 Å². The molecule has 0 bridgehead atoms. The predicted octanol–water partition coefficient (Wildman–Crippen LogP) is 4.10. The van der Waals surface area contributed by atoms with Gasteiger partial charge in [0.15, 0.2) is 0 Å². The second-order valence-corrected chi connectivity index (χ2v) is 5.43. The Kier molecular flexibility index (Phi) is 5.56. The first kappa shape index (κ1) is 15.3. The van der Waals surface area contributed by atoms with E-state index in [1.54, 1.807) is 0 Å². The molecule has 0 spiro atoms. The zero-order valence-corrected chi connectivity index (χ0v) is 12.8. The first-order chi connectivity index (χ1) is 10.2. The summed E-state index contributed by atoms with van der Waals surface area (Å²) in [6, 6.07) is 20.3. The molecule has 0 saturated carbocycles. The predicted molar refractivity (Wildman–Crippen MR) is 87.3 cm³/mol. The fourth-order valence-corrected chi connectivity index (χ4v) is 2.53. The molecule has 0 aliphatic rings. The van der Waals surface area contributed by atoms with Crippen LogP contribution in [0.4, 0.5) is 0 Å². The molecule has 2 atom stereocenters. The molecular weight excluding hydrogens is 258 g/mol. The molecule has 2 rings (SSSR count). The molecule has 0 aromatic heterocycles. The molecule has 110 valence electrons. The van der Waals surface area contributed by atoms with Crippen molar-refractivity contribution in [2.24, 2.45) is 0 Å². The fraction of sp³-hybridized carbons (Fsp3) is 0.316. The first-order valence-electron chi connectivity index (χ1n) is 7.60. The molecule has 21 heavy (non-hydrogen) atoms. The van der Waals surface area contributed by atoms with Gasteiger partial charge < -0.3 is 5.32 Å². The van der Waals surface area contributed by atoms with E-state index in [9.17, 15) is 4.79 Å². The van der Waals surface area contributed by atoms with Gasteiger partial charge >= 0.3 is 0 Å². The van der Waals surface area contributed by atoms with E-state index in [2.05, 4.69) is 31.3 Å². The van der Waals surface area contributed by atoms with Gasteiger partial charge in [0.25, 0.3) is 0 Å². The molecule has 2 heteroatoms. The number of nitrogens with one attached hydrogen (secondary N) is 1. The fourth-order valence-electron chi connectivity index (χ4n) is 2.53. The molecule has 2 nitrogen and oxygen atoms in total. The Morgan fingerprint density at radius 3 is 2.00 bits per heavy atom. The highest BCUT2D eigenvalue weighted by Gasteiger charge is 2.18. The summed E-state index contributed by atoms with van der Waals surface area (Å²) in [6.45, 7) is 4.86. The average molecular weight is 281 g/mol. The van der Waals surface area contributed by atoms with E-state index in [1.165, 1.54) is 5.56 Å². The smallest absolute Gasteiger partial charge is 0.227 e. The molecule has 0 saturated heterocycles. The minimum absolute atomic E-state index is 0.0610. The number of hydrogen-bond donors (Lipinski definition) is 1. The largest absolute Gasteiger partial charge is 0.355 e. The maximum Gasteiger partial charge on any atom is 0.227 e. The third kappa shape index (κ3) is 4.19. The van der Waals surface area contributed by atoms with E-state index in [0.29, 0.717) is 12.5 Å². The van der Waals surface area contributed by atoms with Crippen molar-refractivity contribution >= 4 is 5.91 Å². The standard InChI is InChI=1S/C19H23NO/c1-3-18(17-12-8-5-9-13-17)19(21)20-14-15(2)16-10-6-4-7-11-16/h4-13,15,18H,3,14H2,1-2H3,(H,20,21)/t15-,18-/m0/s1. The summed E-state index contributed by atoms with van der Waals surface area (Å²) < 4.78 is 0. The second kappa shape index (κ2) is 7.63. The van der Waals surface area contributed by atoms with Crippen LogP contribution in [0.1, 0.15) is 43.2 Å². The number of rotatable bonds is 6. The van der Waals surface area contributed by atoms with Crippen LogP contribution in [0.25, 0.3) is 0 Å². The van der Waals surface area contributed by atoms with Gasteiger partial charge in [0, 0.05) is 6.54 Å². The van der Waals surface area contributed by atoms with Gasteiger partial charge in [-0.15, -0.1) is 0 Å². The maximum absolute atomic E-state index is 12.4. The number of hydrogen-bond acceptors (Lipinski definition) is 1. The lowest BCUT2D eigenvalue weighted by Gasteiger charge is -2.18. The Morgan fingerprint density at radius 2 is 1.48 bits per heavy atom. The van der Waals surface area contributed by atoms with Gasteiger partial charge in [-0.3, -0.25) is 4.79 Å². The van der Waals surface area contributed by atoms with Crippen molar-refractivity contribution in [1.82, 2.24) is 5.32 Å². The Labute approximate surface area is 127 Å². The highest BCUT2D eigenvalue weighted by Crippen LogP contribution is 2.20. The lowest BCUT2D eigenvalue weighted by atomic mass is 9.95. The Morgan fingerprint density at radius 1 is 0.952 bits per heavy atom. The average Bonchev–Trinajstić information content (AvgIpc) is 2.55. The van der Waals surface area contributed by atoms with Crippen LogP contribution in [0, 0.1) is 0 Å². The van der Waals surface area contributed by atoms with Crippen LogP contribution >= 0.6 is 0 Å². The number of benzene rings is 2. The molecule has 1 amide bonds. The van der Waals surface area contributed by atoms with Crippen LogP contribution in [0.3, 0.4) is 0 Å². The summed E-state index contributed by atoms with van der Waals surface area (Å²) in [5, 5.41) is 3.09. The molecular formula is C19H23NO. The highest BCUT2D eigenvalue weighted by atomic mass is 16.1. The second-order valence-electron chi connectivity index (χ2n) is 5.43. The van der Waals surface area contributed by atoms with Crippen molar-refractivity contribution in [2.75, 3.05) is 6.54 Å². The van der Waals surface area contributed by atoms with Gasteiger partial charge in [-0.25, -0.2) is 0 Å². The molecule has 2 aromatic carbocycles. The number of carbonyl (C=O) groups excluding carboxylic acids is 1. The van der Waals surface area contributed by atoms with Crippen LogP contribution in [0.2, 0.25) is 0 Å². The maximum atomic E-state index is 12.4. The highest BCUT2D eigenvalue weighted by molar-refractivity contribution is 5.83. The van der Waals surface area contributed by atoms with Gasteiger partial charge in [-0.05, 0) is 23.5 Å². The van der Waals surface area contributed by atoms with Crippen LogP contribution < -0.4 is 5.32 Å². The third-order valence-corrected chi connectivity index (χ3v) is 3.88. The zero-order valence-electron chi connectivity index (χ0n) is 12.8. The summed E-state index contributed by atoms with van der Waals surface area (Å²) >= 11 is 0.